The maximum atomic E-state index is 13.0. The van der Waals surface area contributed by atoms with Crippen LogP contribution in [0.25, 0.3) is 0 Å². The molecule has 0 aliphatic carbocycles. The summed E-state index contributed by atoms with van der Waals surface area (Å²) < 4.78 is 18.7. The van der Waals surface area contributed by atoms with E-state index in [1.165, 1.54) is 0 Å². The van der Waals surface area contributed by atoms with E-state index >= 15 is 0 Å². The maximum absolute atomic E-state index is 13.0. The molecule has 0 saturated carbocycles. The summed E-state index contributed by atoms with van der Waals surface area (Å²) in [6.07, 6.45) is 4.39. The van der Waals surface area contributed by atoms with Crippen LogP contribution < -0.4 is 0 Å². The lowest BCUT2D eigenvalue weighted by atomic mass is 10.0. The molecule has 2 fully saturated rings. The van der Waals surface area contributed by atoms with E-state index in [0.717, 1.165) is 56.8 Å². The molecule has 9 nitrogen and oxygen atoms in total. The molecule has 2 aliphatic rings. The fraction of sp³-hybridized carbons (Fsp3) is 0.714. The number of rotatable bonds is 6. The summed E-state index contributed by atoms with van der Waals surface area (Å²) in [7, 11) is 1.87. The van der Waals surface area contributed by atoms with Crippen molar-refractivity contribution >= 4 is 5.91 Å². The van der Waals surface area contributed by atoms with Crippen molar-refractivity contribution in [2.45, 2.75) is 58.0 Å². The third-order valence-electron chi connectivity index (χ3n) is 6.12. The third-order valence-corrected chi connectivity index (χ3v) is 6.12. The topological polar surface area (TPSA) is 95.5 Å². The van der Waals surface area contributed by atoms with Gasteiger partial charge in [0.1, 0.15) is 0 Å². The Morgan fingerprint density at radius 2 is 2.03 bits per heavy atom. The Bertz CT molecular complexity index is 871. The molecule has 9 heteroatoms. The van der Waals surface area contributed by atoms with Crippen molar-refractivity contribution < 1.29 is 18.8 Å². The molecule has 2 aromatic heterocycles. The third kappa shape index (κ3) is 4.57. The van der Waals surface area contributed by atoms with E-state index in [1.54, 1.807) is 4.68 Å². The van der Waals surface area contributed by atoms with Crippen LogP contribution >= 0.6 is 0 Å². The second-order valence-electron chi connectivity index (χ2n) is 8.24. The number of aryl methyl sites for hydroxylation is 2. The van der Waals surface area contributed by atoms with Crippen LogP contribution in [0.5, 0.6) is 0 Å². The summed E-state index contributed by atoms with van der Waals surface area (Å²) in [5.74, 6) is 1.75. The molecule has 1 unspecified atom stereocenters. The molecule has 164 valence electrons. The predicted octanol–water partition coefficient (Wildman–Crippen LogP) is 2.18. The van der Waals surface area contributed by atoms with E-state index in [1.807, 2.05) is 25.8 Å². The highest BCUT2D eigenvalue weighted by Gasteiger charge is 2.28. The van der Waals surface area contributed by atoms with Crippen LogP contribution in [0.15, 0.2) is 4.52 Å². The van der Waals surface area contributed by atoms with Crippen LogP contribution in [-0.4, -0.2) is 69.7 Å². The minimum atomic E-state index is 0.0295. The summed E-state index contributed by atoms with van der Waals surface area (Å²) in [4.78, 5) is 19.5. The molecule has 2 saturated heterocycles. The molecule has 4 rings (SSSR count). The predicted molar refractivity (Wildman–Crippen MR) is 108 cm³/mol. The van der Waals surface area contributed by atoms with Gasteiger partial charge in [0.25, 0.3) is 5.91 Å². The Morgan fingerprint density at radius 3 is 2.77 bits per heavy atom. The Labute approximate surface area is 176 Å². The zero-order chi connectivity index (χ0) is 21.1. The fourth-order valence-corrected chi connectivity index (χ4v) is 4.30. The number of piperidine rings is 1. The lowest BCUT2D eigenvalue weighted by Gasteiger charge is -2.32. The molecule has 0 spiro atoms. The number of carbonyl (C=O) groups excluding carboxylic acids is 1. The van der Waals surface area contributed by atoms with Gasteiger partial charge >= 0.3 is 0 Å². The van der Waals surface area contributed by atoms with E-state index in [9.17, 15) is 4.79 Å². The van der Waals surface area contributed by atoms with E-state index in [0.29, 0.717) is 42.8 Å². The van der Waals surface area contributed by atoms with Crippen LogP contribution in [0.2, 0.25) is 0 Å². The zero-order valence-corrected chi connectivity index (χ0v) is 18.1. The molecule has 2 aliphatic heterocycles. The van der Waals surface area contributed by atoms with E-state index in [4.69, 9.17) is 14.0 Å². The van der Waals surface area contributed by atoms with Gasteiger partial charge in [0.2, 0.25) is 5.89 Å². The normalized spacial score (nSPS) is 20.6. The van der Waals surface area contributed by atoms with Crippen LogP contribution in [-0.2, 0) is 22.9 Å². The smallest absolute Gasteiger partial charge is 0.257 e. The molecule has 0 radical (unpaired) electrons. The molecule has 1 amide bonds. The summed E-state index contributed by atoms with van der Waals surface area (Å²) in [6.45, 7) is 7.20. The molecular formula is C21H31N5O4. The van der Waals surface area contributed by atoms with Crippen molar-refractivity contribution in [3.63, 3.8) is 0 Å². The lowest BCUT2D eigenvalue weighted by molar-refractivity contribution is 0.00245. The molecule has 0 bridgehead atoms. The van der Waals surface area contributed by atoms with E-state index < -0.39 is 0 Å². The van der Waals surface area contributed by atoms with Crippen molar-refractivity contribution in [1.82, 2.24) is 24.8 Å². The zero-order valence-electron chi connectivity index (χ0n) is 18.1. The molecule has 0 aromatic carbocycles. The molecule has 1 atom stereocenters. The first-order valence-corrected chi connectivity index (χ1v) is 10.8. The van der Waals surface area contributed by atoms with Gasteiger partial charge in [-0.2, -0.15) is 10.1 Å². The van der Waals surface area contributed by atoms with Crippen molar-refractivity contribution in [2.24, 2.45) is 7.05 Å². The lowest BCUT2D eigenvalue weighted by Crippen LogP contribution is -2.43. The SMILES string of the molecule is Cc1nn(C)c(C)c1C(=O)N1CCCC(OCCc2noc(C3CCOCC3)n2)C1. The number of ether oxygens (including phenoxy) is 2. The van der Waals surface area contributed by atoms with Gasteiger partial charge in [-0.3, -0.25) is 9.48 Å². The molecule has 30 heavy (non-hydrogen) atoms. The van der Waals surface area contributed by atoms with Gasteiger partial charge in [-0.1, -0.05) is 5.16 Å². The van der Waals surface area contributed by atoms with Crippen LogP contribution in [0.1, 0.15) is 65.1 Å². The number of likely N-dealkylation sites (tertiary alicyclic amines) is 1. The second kappa shape index (κ2) is 9.26. The number of amides is 1. The summed E-state index contributed by atoms with van der Waals surface area (Å²) in [6, 6.07) is 0. The number of aromatic nitrogens is 4. The second-order valence-corrected chi connectivity index (χ2v) is 8.24. The minimum absolute atomic E-state index is 0.0295. The van der Waals surface area contributed by atoms with Gasteiger partial charge in [-0.25, -0.2) is 0 Å². The molecular weight excluding hydrogens is 386 g/mol. The Kier molecular flexibility index (Phi) is 6.48. The highest BCUT2D eigenvalue weighted by atomic mass is 16.5. The highest BCUT2D eigenvalue weighted by molar-refractivity contribution is 5.96. The summed E-state index contributed by atoms with van der Waals surface area (Å²) in [5, 5.41) is 8.47. The first-order valence-electron chi connectivity index (χ1n) is 10.8. The molecule has 4 heterocycles. The number of nitrogens with zero attached hydrogens (tertiary/aromatic N) is 5. The van der Waals surface area contributed by atoms with Gasteiger partial charge < -0.3 is 18.9 Å². The fourth-order valence-electron chi connectivity index (χ4n) is 4.30. The monoisotopic (exact) mass is 417 g/mol. The Morgan fingerprint density at radius 1 is 1.23 bits per heavy atom. The highest BCUT2D eigenvalue weighted by Crippen LogP contribution is 2.25. The summed E-state index contributed by atoms with van der Waals surface area (Å²) >= 11 is 0. The molecule has 0 N–H and O–H groups in total. The quantitative estimate of drug-likeness (QED) is 0.711. The molecule has 2 aromatic rings. The Hall–Kier alpha value is -2.26. The number of hydrogen-bond donors (Lipinski definition) is 0. The van der Waals surface area contributed by atoms with Gasteiger partial charge in [-0.15, -0.1) is 0 Å². The van der Waals surface area contributed by atoms with E-state index in [-0.39, 0.29) is 12.0 Å². The van der Waals surface area contributed by atoms with Crippen LogP contribution in [0, 0.1) is 13.8 Å². The number of hydrogen-bond acceptors (Lipinski definition) is 7. The minimum Gasteiger partial charge on any atom is -0.381 e. The van der Waals surface area contributed by atoms with Crippen molar-refractivity contribution in [3.8, 4) is 0 Å². The average molecular weight is 418 g/mol. The average Bonchev–Trinajstić information content (AvgIpc) is 3.33. The van der Waals surface area contributed by atoms with Crippen LogP contribution in [0.3, 0.4) is 0 Å². The van der Waals surface area contributed by atoms with Gasteiger partial charge in [0.05, 0.1) is 24.0 Å². The number of carbonyl (C=O) groups is 1. The largest absolute Gasteiger partial charge is 0.381 e. The Balaban J connectivity index is 1.27. The van der Waals surface area contributed by atoms with Gasteiger partial charge in [-0.05, 0) is 39.5 Å². The maximum Gasteiger partial charge on any atom is 0.257 e. The van der Waals surface area contributed by atoms with Gasteiger partial charge in [0, 0.05) is 51.4 Å². The van der Waals surface area contributed by atoms with E-state index in [2.05, 4.69) is 15.2 Å². The van der Waals surface area contributed by atoms with Crippen molar-refractivity contribution in [2.75, 3.05) is 32.9 Å². The summed E-state index contributed by atoms with van der Waals surface area (Å²) in [5.41, 5.74) is 2.39. The van der Waals surface area contributed by atoms with Gasteiger partial charge in [0.15, 0.2) is 5.82 Å². The van der Waals surface area contributed by atoms with Crippen LogP contribution in [0.4, 0.5) is 0 Å². The van der Waals surface area contributed by atoms with Crippen molar-refractivity contribution in [3.05, 3.63) is 28.7 Å². The van der Waals surface area contributed by atoms with Crippen molar-refractivity contribution in [1.29, 1.82) is 0 Å². The first kappa shape index (κ1) is 21.0. The first-order chi connectivity index (χ1) is 14.5. The standard InChI is InChI=1S/C21H31N5O4/c1-14-19(15(2)25(3)23-14)21(27)26-9-4-5-17(13-26)29-12-8-18-22-20(30-24-18)16-6-10-28-11-7-16/h16-17H,4-13H2,1-3H3.